The van der Waals surface area contributed by atoms with Gasteiger partial charge in [-0.1, -0.05) is 90.4 Å². The van der Waals surface area contributed by atoms with Gasteiger partial charge in [0.2, 0.25) is 0 Å². The molecule has 0 saturated heterocycles. The van der Waals surface area contributed by atoms with Crippen LogP contribution in [0.15, 0.2) is 102 Å². The molecule has 0 amide bonds. The quantitative estimate of drug-likeness (QED) is 0.238. The van der Waals surface area contributed by atoms with Crippen molar-refractivity contribution in [3.05, 3.63) is 108 Å². The molecule has 2 heterocycles. The summed E-state index contributed by atoms with van der Waals surface area (Å²) in [5.41, 5.74) is 5.94. The lowest BCUT2D eigenvalue weighted by Gasteiger charge is -2.38. The van der Waals surface area contributed by atoms with Crippen LogP contribution in [-0.4, -0.2) is 21.2 Å². The number of carboxylic acid groups (broad SMARTS) is 1. The van der Waals surface area contributed by atoms with E-state index in [4.69, 9.17) is 9.51 Å². The Hall–Kier alpha value is -4.71. The fourth-order valence-electron chi connectivity index (χ4n) is 5.16. The summed E-state index contributed by atoms with van der Waals surface area (Å²) < 4.78 is 5.92. The van der Waals surface area contributed by atoms with Crippen LogP contribution < -0.4 is 5.32 Å². The average molecular weight is 502 g/mol. The van der Waals surface area contributed by atoms with E-state index in [1.165, 1.54) is 0 Å². The zero-order chi connectivity index (χ0) is 26.1. The summed E-state index contributed by atoms with van der Waals surface area (Å²) in [7, 11) is 0. The van der Waals surface area contributed by atoms with Gasteiger partial charge in [0, 0.05) is 11.1 Å². The molecule has 38 heavy (non-hydrogen) atoms. The third-order valence-corrected chi connectivity index (χ3v) is 7.45. The highest BCUT2D eigenvalue weighted by Crippen LogP contribution is 2.47. The SMILES string of the molecule is Cc1noc(-c2cc(C3(C(=O)O)CCC3)ccc2-c2ccccc2)c1Nc1cccc(-c2ccccc2)n1. The molecule has 0 aliphatic heterocycles. The Bertz CT molecular complexity index is 1610. The molecule has 1 saturated carbocycles. The number of hydrogen-bond donors (Lipinski definition) is 2. The Balaban J connectivity index is 1.46. The lowest BCUT2D eigenvalue weighted by atomic mass is 9.64. The molecule has 5 aromatic rings. The second-order valence-corrected chi connectivity index (χ2v) is 9.74. The van der Waals surface area contributed by atoms with Crippen molar-refractivity contribution in [2.45, 2.75) is 31.6 Å². The topological polar surface area (TPSA) is 88.2 Å². The van der Waals surface area contributed by atoms with Crippen LogP contribution >= 0.6 is 0 Å². The Morgan fingerprint density at radius 3 is 2.24 bits per heavy atom. The van der Waals surface area contributed by atoms with Gasteiger partial charge in [-0.25, -0.2) is 4.98 Å². The molecule has 6 heteroatoms. The molecule has 1 aliphatic carbocycles. The maximum atomic E-state index is 12.3. The van der Waals surface area contributed by atoms with Crippen molar-refractivity contribution in [1.29, 1.82) is 0 Å². The summed E-state index contributed by atoms with van der Waals surface area (Å²) >= 11 is 0. The van der Waals surface area contributed by atoms with E-state index in [9.17, 15) is 9.90 Å². The predicted molar refractivity (Wildman–Crippen MR) is 148 cm³/mol. The molecule has 1 aliphatic rings. The third kappa shape index (κ3) is 4.14. The average Bonchev–Trinajstić information content (AvgIpc) is 3.28. The Morgan fingerprint density at radius 1 is 0.868 bits per heavy atom. The highest BCUT2D eigenvalue weighted by atomic mass is 16.5. The zero-order valence-electron chi connectivity index (χ0n) is 21.0. The second kappa shape index (κ2) is 9.63. The van der Waals surface area contributed by atoms with E-state index in [0.717, 1.165) is 39.9 Å². The minimum absolute atomic E-state index is 0.551. The van der Waals surface area contributed by atoms with Crippen LogP contribution in [0.5, 0.6) is 0 Å². The minimum Gasteiger partial charge on any atom is -0.481 e. The first-order valence-electron chi connectivity index (χ1n) is 12.7. The summed E-state index contributed by atoms with van der Waals surface area (Å²) in [5, 5.41) is 17.8. The largest absolute Gasteiger partial charge is 0.481 e. The van der Waals surface area contributed by atoms with Gasteiger partial charge < -0.3 is 14.9 Å². The number of aromatic nitrogens is 2. The number of nitrogens with zero attached hydrogens (tertiary/aromatic N) is 2. The fraction of sp³-hybridized carbons (Fsp3) is 0.156. The standard InChI is InChI=1S/C32H27N3O3/c1-21-29(34-28-15-8-14-27(33-28)23-12-6-3-7-13-23)30(38-35-21)26-20-24(32(31(36)37)18-9-19-32)16-17-25(26)22-10-4-2-5-11-22/h2-8,10-17,20H,9,18-19H2,1H3,(H,33,34)(H,36,37). The molecule has 6 nitrogen and oxygen atoms in total. The number of aryl methyl sites for hydroxylation is 1. The van der Waals surface area contributed by atoms with Gasteiger partial charge in [-0.2, -0.15) is 0 Å². The van der Waals surface area contributed by atoms with Crippen molar-refractivity contribution in [3.63, 3.8) is 0 Å². The summed E-state index contributed by atoms with van der Waals surface area (Å²) in [6, 6.07) is 31.8. The number of aliphatic carboxylic acids is 1. The van der Waals surface area contributed by atoms with Crippen LogP contribution in [0.1, 0.15) is 30.5 Å². The maximum absolute atomic E-state index is 12.3. The number of benzene rings is 3. The van der Waals surface area contributed by atoms with Crippen molar-refractivity contribution in [2.24, 2.45) is 0 Å². The number of carboxylic acids is 1. The minimum atomic E-state index is -0.863. The molecule has 6 rings (SSSR count). The molecule has 2 aromatic heterocycles. The van der Waals surface area contributed by atoms with Crippen molar-refractivity contribution in [3.8, 4) is 33.7 Å². The second-order valence-electron chi connectivity index (χ2n) is 9.74. The molecule has 2 N–H and O–H groups in total. The molecule has 0 radical (unpaired) electrons. The van der Waals surface area contributed by atoms with Crippen molar-refractivity contribution >= 4 is 17.5 Å². The van der Waals surface area contributed by atoms with Gasteiger partial charge in [-0.15, -0.1) is 0 Å². The Morgan fingerprint density at radius 2 is 1.58 bits per heavy atom. The maximum Gasteiger partial charge on any atom is 0.314 e. The van der Waals surface area contributed by atoms with Crippen LogP contribution in [0.2, 0.25) is 0 Å². The number of pyridine rings is 1. The van der Waals surface area contributed by atoms with Crippen LogP contribution in [0.25, 0.3) is 33.7 Å². The lowest BCUT2D eigenvalue weighted by Crippen LogP contribution is -2.42. The van der Waals surface area contributed by atoms with E-state index < -0.39 is 11.4 Å². The zero-order valence-corrected chi connectivity index (χ0v) is 21.0. The van der Waals surface area contributed by atoms with Crippen molar-refractivity contribution in [2.75, 3.05) is 5.32 Å². The predicted octanol–water partition coefficient (Wildman–Crippen LogP) is 7.63. The molecule has 0 bridgehead atoms. The highest BCUT2D eigenvalue weighted by Gasteiger charge is 2.46. The summed E-state index contributed by atoms with van der Waals surface area (Å²) in [5.74, 6) is 0.434. The van der Waals surface area contributed by atoms with Crippen LogP contribution in [0.3, 0.4) is 0 Å². The van der Waals surface area contributed by atoms with Gasteiger partial charge >= 0.3 is 5.97 Å². The van der Waals surface area contributed by atoms with Gasteiger partial charge in [-0.05, 0) is 54.7 Å². The van der Waals surface area contributed by atoms with E-state index >= 15 is 0 Å². The number of hydrogen-bond acceptors (Lipinski definition) is 5. The number of anilines is 2. The Labute approximate surface area is 221 Å². The van der Waals surface area contributed by atoms with E-state index in [1.807, 2.05) is 104 Å². The van der Waals surface area contributed by atoms with Gasteiger partial charge in [0.25, 0.3) is 0 Å². The first kappa shape index (κ1) is 23.7. The van der Waals surface area contributed by atoms with Crippen LogP contribution in [0.4, 0.5) is 11.5 Å². The monoisotopic (exact) mass is 501 g/mol. The van der Waals surface area contributed by atoms with E-state index in [1.54, 1.807) is 0 Å². The smallest absolute Gasteiger partial charge is 0.314 e. The first-order chi connectivity index (χ1) is 18.5. The normalized spacial score (nSPS) is 14.0. The molecule has 0 spiro atoms. The van der Waals surface area contributed by atoms with Gasteiger partial charge in [-0.3, -0.25) is 4.79 Å². The van der Waals surface area contributed by atoms with Gasteiger partial charge in [0.05, 0.1) is 11.1 Å². The van der Waals surface area contributed by atoms with Crippen molar-refractivity contribution < 1.29 is 14.4 Å². The van der Waals surface area contributed by atoms with Gasteiger partial charge in [0.1, 0.15) is 17.2 Å². The number of rotatable bonds is 7. The van der Waals surface area contributed by atoms with Crippen LogP contribution in [0, 0.1) is 6.92 Å². The molecule has 0 atom stereocenters. The summed E-state index contributed by atoms with van der Waals surface area (Å²) in [4.78, 5) is 17.1. The van der Waals surface area contributed by atoms with Crippen molar-refractivity contribution in [1.82, 2.24) is 10.1 Å². The molecule has 3 aromatic carbocycles. The third-order valence-electron chi connectivity index (χ3n) is 7.45. The molecular formula is C32H27N3O3. The van der Waals surface area contributed by atoms with E-state index in [-0.39, 0.29) is 0 Å². The molecule has 0 unspecified atom stereocenters. The molecule has 188 valence electrons. The summed E-state index contributed by atoms with van der Waals surface area (Å²) in [6.45, 7) is 1.88. The summed E-state index contributed by atoms with van der Waals surface area (Å²) in [6.07, 6.45) is 2.16. The number of nitrogens with one attached hydrogen (secondary N) is 1. The molecule has 1 fully saturated rings. The Kier molecular flexibility index (Phi) is 6.00. The van der Waals surface area contributed by atoms with Crippen LogP contribution in [-0.2, 0) is 10.2 Å². The first-order valence-corrected chi connectivity index (χ1v) is 12.7. The highest BCUT2D eigenvalue weighted by molar-refractivity contribution is 5.90. The van der Waals surface area contributed by atoms with Gasteiger partial charge in [0.15, 0.2) is 5.76 Å². The van der Waals surface area contributed by atoms with E-state index in [2.05, 4.69) is 10.5 Å². The fourth-order valence-corrected chi connectivity index (χ4v) is 5.16. The number of carbonyl (C=O) groups is 1. The molecular weight excluding hydrogens is 474 g/mol. The lowest BCUT2D eigenvalue weighted by molar-refractivity contribution is -0.147. The van der Waals surface area contributed by atoms with E-state index in [0.29, 0.717) is 35.8 Å².